The number of hydrogen-bond donors (Lipinski definition) is 4. The van der Waals surface area contributed by atoms with Crippen molar-refractivity contribution in [2.24, 2.45) is 53.4 Å². The lowest BCUT2D eigenvalue weighted by Crippen LogP contribution is -2.50. The normalized spacial score (nSPS) is 16.0. The van der Waals surface area contributed by atoms with Crippen molar-refractivity contribution in [1.82, 2.24) is 88.6 Å². The Hall–Kier alpha value is -10.2. The SMILES string of the molecule is Cn1cc(-c2cccc(-c3ncc(-c4ccn(C)n4)c(NC4CC4)n3)c2)cn1.Cn1cc(-c2cccc(-c3ncc(-c4cnn(C)c4)c(NC4CC(CN)(CCl)C4)n3)c2)cn1.Cn1cc(-c2cccc(-c3ncc(-c4cnn(C)c4)c(NC4CC4)n3)c2)cn1. The van der Waals surface area contributed by atoms with Gasteiger partial charge in [0.2, 0.25) is 0 Å². The van der Waals surface area contributed by atoms with E-state index in [1.807, 2.05) is 172 Å². The van der Waals surface area contributed by atoms with E-state index in [0.717, 1.165) is 114 Å². The minimum Gasteiger partial charge on any atom is -0.367 e. The standard InChI is InChI=1S/C24H27ClN8.2C21H21N7/c1-32-12-18(9-28-32)16-4-3-5-17(6-16)22-27-11-21(19-10-29-33(2)13-19)23(31-22)30-20-7-24(8-20,14-25)15-26;1-27-12-16(9-23-27)14-4-3-5-15(8-14)20-22-11-19(17-10-24-28(2)13-17)21(26-20)25-18-6-7-18;1-27-9-8-19(26-27)18-12-22-20(25-21(18)24-17-6-7-17)15-5-3-4-14(10-15)16-11-23-28(2)13-16/h3-6,9-13,20H,7-8,14-15,26H2,1-2H3,(H,27,30,31);3-5,8-13,18H,6-7H2,1-2H3,(H,22,25,26);3-5,8-13,17H,6-7H2,1-2H3,(H,22,24,25). The van der Waals surface area contributed by atoms with E-state index in [4.69, 9.17) is 37.3 Å². The first-order chi connectivity index (χ1) is 43.3. The minimum atomic E-state index is 0.0155. The molecule has 9 aromatic heterocycles. The van der Waals surface area contributed by atoms with Gasteiger partial charge in [-0.2, -0.15) is 30.6 Å². The molecule has 0 spiro atoms. The molecule has 0 amide bonds. The van der Waals surface area contributed by atoms with Crippen molar-refractivity contribution in [3.63, 3.8) is 0 Å². The molecule has 0 saturated heterocycles. The van der Waals surface area contributed by atoms with E-state index in [1.165, 1.54) is 25.7 Å². The Morgan fingerprint density at radius 3 is 1.10 bits per heavy atom. The molecule has 3 fully saturated rings. The summed E-state index contributed by atoms with van der Waals surface area (Å²) in [5, 5.41) is 36.6. The maximum Gasteiger partial charge on any atom is 0.161 e. The summed E-state index contributed by atoms with van der Waals surface area (Å²) in [6, 6.07) is 28.0. The molecule has 0 unspecified atom stereocenters. The Bertz CT molecular complexity index is 4250. The van der Waals surface area contributed by atoms with Gasteiger partial charge in [-0.05, 0) is 91.4 Å². The van der Waals surface area contributed by atoms with E-state index < -0.39 is 0 Å². The second-order valence-corrected chi connectivity index (χ2v) is 23.7. The van der Waals surface area contributed by atoms with Crippen molar-refractivity contribution < 1.29 is 0 Å². The highest BCUT2D eigenvalue weighted by atomic mass is 35.5. The Morgan fingerprint density at radius 1 is 0.427 bits per heavy atom. The molecule has 3 aromatic carbocycles. The van der Waals surface area contributed by atoms with Crippen LogP contribution in [-0.4, -0.2) is 119 Å². The molecule has 23 heteroatoms. The number of hydrogen-bond acceptors (Lipinski definition) is 16. The van der Waals surface area contributed by atoms with Crippen LogP contribution in [-0.2, 0) is 42.3 Å². The van der Waals surface area contributed by atoms with Crippen LogP contribution in [0.25, 0.3) is 101 Å². The zero-order chi connectivity index (χ0) is 61.2. The number of anilines is 3. The summed E-state index contributed by atoms with van der Waals surface area (Å²) in [5.41, 5.74) is 21.1. The number of nitrogens with one attached hydrogen (secondary N) is 3. The van der Waals surface area contributed by atoms with Gasteiger partial charge in [0.05, 0.1) is 42.2 Å². The molecular formula is C66H69ClN22. The van der Waals surface area contributed by atoms with Gasteiger partial charge >= 0.3 is 0 Å². The number of alkyl halides is 1. The number of benzene rings is 3. The fourth-order valence-corrected chi connectivity index (χ4v) is 11.2. The number of aryl methyl sites for hydroxylation is 6. The summed E-state index contributed by atoms with van der Waals surface area (Å²) in [5.74, 6) is 5.16. The Morgan fingerprint density at radius 2 is 0.775 bits per heavy atom. The van der Waals surface area contributed by atoms with Crippen molar-refractivity contribution >= 4 is 29.1 Å². The minimum absolute atomic E-state index is 0.0155. The molecule has 3 aliphatic carbocycles. The van der Waals surface area contributed by atoms with Crippen molar-refractivity contribution in [2.45, 2.75) is 56.7 Å². The van der Waals surface area contributed by atoms with E-state index in [-0.39, 0.29) is 11.5 Å². The molecule has 3 saturated carbocycles. The van der Waals surface area contributed by atoms with Gasteiger partial charge in [0.15, 0.2) is 17.5 Å². The summed E-state index contributed by atoms with van der Waals surface area (Å²) in [6.45, 7) is 0.598. The fraction of sp³-hybridized carbons (Fsp3) is 0.273. The Labute approximate surface area is 520 Å². The molecule has 0 aliphatic heterocycles. The van der Waals surface area contributed by atoms with Crippen LogP contribution >= 0.6 is 11.6 Å². The molecule has 12 aromatic rings. The Kier molecular flexibility index (Phi) is 16.2. The number of rotatable bonds is 17. The molecule has 0 radical (unpaired) electrons. The predicted octanol–water partition coefficient (Wildman–Crippen LogP) is 10.7. The van der Waals surface area contributed by atoms with Crippen LogP contribution in [0.1, 0.15) is 38.5 Å². The third-order valence-corrected chi connectivity index (χ3v) is 16.7. The highest BCUT2D eigenvalue weighted by Crippen LogP contribution is 2.44. The number of nitrogens with zero attached hydrogens (tertiary/aromatic N) is 18. The summed E-state index contributed by atoms with van der Waals surface area (Å²) in [7, 11) is 11.5. The van der Waals surface area contributed by atoms with Gasteiger partial charge in [-0.3, -0.25) is 28.1 Å². The number of aromatic nitrogens is 18. The van der Waals surface area contributed by atoms with Crippen LogP contribution < -0.4 is 21.7 Å². The van der Waals surface area contributed by atoms with Crippen molar-refractivity contribution in [2.75, 3.05) is 28.4 Å². The van der Waals surface area contributed by atoms with E-state index in [2.05, 4.69) is 92.9 Å². The number of nitrogens with two attached hydrogens (primary N) is 1. The molecule has 15 rings (SSSR count). The lowest BCUT2D eigenvalue weighted by Gasteiger charge is -2.46. The fourth-order valence-electron chi connectivity index (χ4n) is 10.9. The van der Waals surface area contributed by atoms with E-state index in [9.17, 15) is 0 Å². The summed E-state index contributed by atoms with van der Waals surface area (Å²) >= 11 is 6.18. The van der Waals surface area contributed by atoms with Crippen LogP contribution in [0.3, 0.4) is 0 Å². The first kappa shape index (κ1) is 57.9. The smallest absolute Gasteiger partial charge is 0.161 e. The zero-order valence-corrected chi connectivity index (χ0v) is 51.2. The third kappa shape index (κ3) is 13.4. The van der Waals surface area contributed by atoms with Crippen LogP contribution in [0, 0.1) is 5.41 Å². The molecule has 450 valence electrons. The van der Waals surface area contributed by atoms with Gasteiger partial charge in [-0.25, -0.2) is 29.9 Å². The first-order valence-corrected chi connectivity index (χ1v) is 30.3. The molecule has 0 bridgehead atoms. The van der Waals surface area contributed by atoms with Gasteiger partial charge in [-0.1, -0.05) is 54.6 Å². The molecule has 5 N–H and O–H groups in total. The second kappa shape index (κ2) is 24.9. The highest BCUT2D eigenvalue weighted by molar-refractivity contribution is 6.18. The van der Waals surface area contributed by atoms with Crippen LogP contribution in [0.5, 0.6) is 0 Å². The Balaban J connectivity index is 0.000000123. The van der Waals surface area contributed by atoms with Crippen LogP contribution in [0.4, 0.5) is 17.5 Å². The third-order valence-electron chi connectivity index (χ3n) is 16.1. The van der Waals surface area contributed by atoms with E-state index in [0.29, 0.717) is 42.0 Å². The van der Waals surface area contributed by atoms with Crippen molar-refractivity contribution in [1.29, 1.82) is 0 Å². The van der Waals surface area contributed by atoms with Crippen LogP contribution in [0.15, 0.2) is 166 Å². The molecule has 89 heavy (non-hydrogen) atoms. The highest BCUT2D eigenvalue weighted by Gasteiger charge is 2.43. The predicted molar refractivity (Wildman–Crippen MR) is 348 cm³/mol. The topological polar surface area (TPSA) is 246 Å². The molecule has 22 nitrogen and oxygen atoms in total. The van der Waals surface area contributed by atoms with Gasteiger partial charge in [0.1, 0.15) is 17.5 Å². The lowest BCUT2D eigenvalue weighted by atomic mass is 9.66. The van der Waals surface area contributed by atoms with Gasteiger partial charge in [-0.15, -0.1) is 11.6 Å². The largest absolute Gasteiger partial charge is 0.367 e. The molecular weight excluding hydrogens is 1140 g/mol. The summed E-state index contributed by atoms with van der Waals surface area (Å²) < 4.78 is 10.8. The monoisotopic (exact) mass is 1200 g/mol. The summed E-state index contributed by atoms with van der Waals surface area (Å²) in [6.07, 6.45) is 33.4. The van der Waals surface area contributed by atoms with Crippen molar-refractivity contribution in [3.8, 4) is 101 Å². The molecule has 0 atom stereocenters. The van der Waals surface area contributed by atoms with Crippen molar-refractivity contribution in [3.05, 3.63) is 166 Å². The lowest BCUT2D eigenvalue weighted by molar-refractivity contribution is 0.156. The van der Waals surface area contributed by atoms with Crippen LogP contribution in [0.2, 0.25) is 0 Å². The zero-order valence-electron chi connectivity index (χ0n) is 50.5. The maximum absolute atomic E-state index is 6.18. The average Bonchev–Trinajstić information content (AvgIpc) is 2.18. The van der Waals surface area contributed by atoms with Gasteiger partial charge < -0.3 is 21.7 Å². The maximum atomic E-state index is 6.18. The van der Waals surface area contributed by atoms with Gasteiger partial charge in [0.25, 0.3) is 0 Å². The average molecular weight is 1210 g/mol. The van der Waals surface area contributed by atoms with Gasteiger partial charge in [0, 0.05) is 178 Å². The quantitative estimate of drug-likeness (QED) is 0.0619. The summed E-state index contributed by atoms with van der Waals surface area (Å²) in [4.78, 5) is 28.7. The number of halogens is 1. The van der Waals surface area contributed by atoms with E-state index in [1.54, 1.807) is 28.1 Å². The molecule has 3 aliphatic rings. The second-order valence-electron chi connectivity index (χ2n) is 23.4. The van der Waals surface area contributed by atoms with E-state index >= 15 is 0 Å². The first-order valence-electron chi connectivity index (χ1n) is 29.7. The molecule has 9 heterocycles.